The molecule has 4 bridgehead atoms. The van der Waals surface area contributed by atoms with Gasteiger partial charge in [0.2, 0.25) is 0 Å². The number of aryl methyl sites for hydroxylation is 3. The lowest BCUT2D eigenvalue weighted by molar-refractivity contribution is -0.0679. The number of benzene rings is 3. The monoisotopic (exact) mass is 406 g/mol. The third-order valence-corrected chi connectivity index (χ3v) is 9.34. The van der Waals surface area contributed by atoms with Gasteiger partial charge in [-0.15, -0.1) is 0 Å². The second kappa shape index (κ2) is 6.83. The molecule has 0 radical (unpaired) electrons. The first-order valence-corrected chi connectivity index (χ1v) is 12.2. The third-order valence-electron chi connectivity index (χ3n) is 9.34. The Morgan fingerprint density at radius 3 is 1.42 bits per heavy atom. The minimum absolute atomic E-state index is 0.0588. The Kier molecular flexibility index (Phi) is 4.26. The molecule has 0 nitrogen and oxygen atoms in total. The van der Waals surface area contributed by atoms with Gasteiger partial charge in [-0.05, 0) is 104 Å². The van der Waals surface area contributed by atoms with E-state index in [2.05, 4.69) is 93.6 Å². The first kappa shape index (κ1) is 19.4. The van der Waals surface area contributed by atoms with Gasteiger partial charge >= 0.3 is 0 Å². The van der Waals surface area contributed by atoms with E-state index in [0.29, 0.717) is 0 Å². The average molecular weight is 407 g/mol. The highest BCUT2D eigenvalue weighted by atomic mass is 14.7. The van der Waals surface area contributed by atoms with Crippen molar-refractivity contribution in [1.82, 2.24) is 0 Å². The Morgan fingerprint density at radius 1 is 0.548 bits per heavy atom. The molecular formula is C31H34. The highest BCUT2D eigenvalue weighted by molar-refractivity contribution is 5.57. The van der Waals surface area contributed by atoms with Crippen LogP contribution in [0.3, 0.4) is 0 Å². The van der Waals surface area contributed by atoms with Crippen LogP contribution in [0.15, 0.2) is 72.8 Å². The van der Waals surface area contributed by atoms with Crippen LogP contribution in [-0.4, -0.2) is 0 Å². The Bertz CT molecular complexity index is 1080. The first-order chi connectivity index (χ1) is 15.1. The van der Waals surface area contributed by atoms with Crippen molar-refractivity contribution >= 4 is 0 Å². The number of hydrogen-bond acceptors (Lipinski definition) is 0. The molecule has 2 atom stereocenters. The summed E-state index contributed by atoms with van der Waals surface area (Å²) in [6, 6.07) is 28.0. The van der Waals surface area contributed by atoms with Crippen LogP contribution in [0.5, 0.6) is 0 Å². The minimum atomic E-state index is 0.0588. The topological polar surface area (TPSA) is 0 Å². The second-order valence-corrected chi connectivity index (χ2v) is 10.9. The summed E-state index contributed by atoms with van der Waals surface area (Å²) in [7, 11) is 0. The highest BCUT2D eigenvalue weighted by Crippen LogP contribution is 2.72. The summed E-state index contributed by atoms with van der Waals surface area (Å²) in [5, 5.41) is 0. The summed E-state index contributed by atoms with van der Waals surface area (Å²) in [6.07, 6.45) is 6.93. The SMILES string of the molecule is Cc1ccccc1C12CC3CC(CC(C3)C1(c1ccccc1C)c1ccccc1C)C2. The van der Waals surface area contributed by atoms with Crippen molar-refractivity contribution in [2.75, 3.05) is 0 Å². The minimum Gasteiger partial charge on any atom is -0.0620 e. The molecule has 0 saturated heterocycles. The maximum Gasteiger partial charge on any atom is 0.0333 e. The van der Waals surface area contributed by atoms with Crippen LogP contribution in [-0.2, 0) is 10.8 Å². The van der Waals surface area contributed by atoms with E-state index in [9.17, 15) is 0 Å². The van der Waals surface area contributed by atoms with Gasteiger partial charge in [-0.1, -0.05) is 72.8 Å². The largest absolute Gasteiger partial charge is 0.0620 e. The number of rotatable bonds is 3. The molecule has 4 aliphatic carbocycles. The molecule has 0 N–H and O–H groups in total. The molecule has 158 valence electrons. The average Bonchev–Trinajstić information content (AvgIpc) is 2.75. The van der Waals surface area contributed by atoms with Crippen molar-refractivity contribution in [3.63, 3.8) is 0 Å². The molecule has 0 amide bonds. The van der Waals surface area contributed by atoms with E-state index in [4.69, 9.17) is 0 Å². The number of hydrogen-bond donors (Lipinski definition) is 0. The molecule has 0 heteroatoms. The van der Waals surface area contributed by atoms with Crippen LogP contribution >= 0.6 is 0 Å². The standard InChI is InChI=1S/C31H34/c1-21-10-4-7-13-27(21)30-19-24-16-25(20-30)18-26(17-24)31(30,28-14-8-5-11-22(28)2)29-15-9-6-12-23(29)3/h4-15,24-26H,16-20H2,1-3H3. The van der Waals surface area contributed by atoms with Gasteiger partial charge in [0.1, 0.15) is 0 Å². The van der Waals surface area contributed by atoms with Crippen molar-refractivity contribution in [1.29, 1.82) is 0 Å². The Morgan fingerprint density at radius 2 is 0.968 bits per heavy atom. The van der Waals surface area contributed by atoms with Gasteiger partial charge in [0.05, 0.1) is 0 Å². The summed E-state index contributed by atoms with van der Waals surface area (Å²) in [5.41, 5.74) is 9.47. The van der Waals surface area contributed by atoms with Crippen LogP contribution in [0.1, 0.15) is 65.5 Å². The Hall–Kier alpha value is -2.34. The summed E-state index contributed by atoms with van der Waals surface area (Å²) in [6.45, 7) is 7.06. The summed E-state index contributed by atoms with van der Waals surface area (Å²) in [5.74, 6) is 2.50. The molecule has 4 saturated carbocycles. The van der Waals surface area contributed by atoms with Crippen molar-refractivity contribution in [2.24, 2.45) is 17.8 Å². The zero-order chi connectivity index (χ0) is 21.2. The molecule has 0 aromatic heterocycles. The van der Waals surface area contributed by atoms with Gasteiger partial charge in [0.25, 0.3) is 0 Å². The zero-order valence-electron chi connectivity index (χ0n) is 19.2. The zero-order valence-corrected chi connectivity index (χ0v) is 19.2. The van der Waals surface area contributed by atoms with E-state index < -0.39 is 0 Å². The Labute approximate surface area is 187 Å². The normalized spacial score (nSPS) is 30.5. The van der Waals surface area contributed by atoms with Crippen LogP contribution in [0.2, 0.25) is 0 Å². The molecule has 4 aliphatic rings. The predicted octanol–water partition coefficient (Wildman–Crippen LogP) is 7.68. The maximum absolute atomic E-state index is 2.48. The predicted molar refractivity (Wildman–Crippen MR) is 130 cm³/mol. The lowest BCUT2D eigenvalue weighted by Crippen LogP contribution is -2.65. The van der Waals surface area contributed by atoms with E-state index in [0.717, 1.165) is 17.8 Å². The van der Waals surface area contributed by atoms with Gasteiger partial charge in [-0.3, -0.25) is 0 Å². The lowest BCUT2D eigenvalue weighted by atomic mass is 9.34. The van der Waals surface area contributed by atoms with Gasteiger partial charge in [0.15, 0.2) is 0 Å². The fourth-order valence-electron chi connectivity index (χ4n) is 8.71. The molecule has 4 fully saturated rings. The molecule has 3 aromatic rings. The van der Waals surface area contributed by atoms with Crippen LogP contribution < -0.4 is 0 Å². The van der Waals surface area contributed by atoms with Crippen molar-refractivity contribution in [2.45, 2.75) is 63.7 Å². The van der Waals surface area contributed by atoms with E-state index >= 15 is 0 Å². The fourth-order valence-corrected chi connectivity index (χ4v) is 8.71. The molecule has 3 aromatic carbocycles. The molecule has 0 spiro atoms. The lowest BCUT2D eigenvalue weighted by Gasteiger charge is -2.69. The third kappa shape index (κ3) is 2.48. The van der Waals surface area contributed by atoms with Crippen LogP contribution in [0.25, 0.3) is 0 Å². The maximum atomic E-state index is 2.48. The van der Waals surface area contributed by atoms with Crippen LogP contribution in [0, 0.1) is 38.5 Å². The van der Waals surface area contributed by atoms with Crippen molar-refractivity contribution in [3.05, 3.63) is 106 Å². The van der Waals surface area contributed by atoms with Gasteiger partial charge in [-0.25, -0.2) is 0 Å². The quantitative estimate of drug-likeness (QED) is 0.418. The smallest absolute Gasteiger partial charge is 0.0333 e. The summed E-state index contributed by atoms with van der Waals surface area (Å²) in [4.78, 5) is 0. The fraction of sp³-hybridized carbons (Fsp3) is 0.419. The molecule has 7 rings (SSSR count). The van der Waals surface area contributed by atoms with Gasteiger partial charge in [-0.2, -0.15) is 0 Å². The van der Waals surface area contributed by atoms with E-state index in [1.165, 1.54) is 48.8 Å². The molecule has 0 aliphatic heterocycles. The van der Waals surface area contributed by atoms with E-state index in [1.54, 1.807) is 16.7 Å². The Balaban J connectivity index is 1.77. The van der Waals surface area contributed by atoms with Gasteiger partial charge in [0, 0.05) is 10.8 Å². The van der Waals surface area contributed by atoms with Crippen molar-refractivity contribution < 1.29 is 0 Å². The first-order valence-electron chi connectivity index (χ1n) is 12.2. The van der Waals surface area contributed by atoms with Crippen LogP contribution in [0.4, 0.5) is 0 Å². The highest BCUT2D eigenvalue weighted by Gasteiger charge is 2.67. The van der Waals surface area contributed by atoms with Gasteiger partial charge < -0.3 is 0 Å². The second-order valence-electron chi connectivity index (χ2n) is 10.9. The molecule has 2 unspecified atom stereocenters. The molecule has 0 heterocycles. The van der Waals surface area contributed by atoms with E-state index in [-0.39, 0.29) is 10.8 Å². The summed E-state index contributed by atoms with van der Waals surface area (Å²) >= 11 is 0. The van der Waals surface area contributed by atoms with Crippen molar-refractivity contribution in [3.8, 4) is 0 Å². The summed E-state index contributed by atoms with van der Waals surface area (Å²) < 4.78 is 0. The molecular weight excluding hydrogens is 372 g/mol. The molecule has 31 heavy (non-hydrogen) atoms. The van der Waals surface area contributed by atoms with E-state index in [1.807, 2.05) is 0 Å².